The average molecular weight is 239 g/mol. The first-order chi connectivity index (χ1) is 8.66. The summed E-state index contributed by atoms with van der Waals surface area (Å²) in [6.45, 7) is 4.48. The summed E-state index contributed by atoms with van der Waals surface area (Å²) >= 11 is 0. The van der Waals surface area contributed by atoms with Gasteiger partial charge in [0.05, 0.1) is 0 Å². The van der Waals surface area contributed by atoms with Crippen molar-refractivity contribution in [2.24, 2.45) is 0 Å². The maximum Gasteiger partial charge on any atom is 0.159 e. The Morgan fingerprint density at radius 2 is 1.72 bits per heavy atom. The number of carbonyl (C=O) groups excluding carboxylic acids is 1. The Bertz CT molecular complexity index is 543. The monoisotopic (exact) mass is 239 g/mol. The number of Topliss-reactive ketones (excluding diaryl/α,β-unsaturated/α-hetero) is 1. The van der Waals surface area contributed by atoms with E-state index in [1.165, 1.54) is 11.1 Å². The lowest BCUT2D eigenvalue weighted by Gasteiger charge is -2.09. The van der Waals surface area contributed by atoms with Gasteiger partial charge in [0.15, 0.2) is 5.78 Å². The van der Waals surface area contributed by atoms with Gasteiger partial charge in [0, 0.05) is 17.8 Å². The third kappa shape index (κ3) is 2.98. The zero-order valence-electron chi connectivity index (χ0n) is 10.7. The van der Waals surface area contributed by atoms with E-state index >= 15 is 0 Å². The Hall–Kier alpha value is -2.09. The van der Waals surface area contributed by atoms with Crippen LogP contribution in [0.1, 0.15) is 28.4 Å². The third-order valence-electron chi connectivity index (χ3n) is 3.04. The number of hydrogen-bond donors (Lipinski definition) is 1. The number of hydrogen-bond acceptors (Lipinski definition) is 2. The standard InChI is InChI=1S/C16H17NO/c1-12-5-3-4-6-15(12)11-17-16-9-7-14(8-10-16)13(2)18/h3-10,17H,11H2,1-2H3. The normalized spacial score (nSPS) is 10.1. The summed E-state index contributed by atoms with van der Waals surface area (Å²) in [4.78, 5) is 11.2. The van der Waals surface area contributed by atoms with Crippen molar-refractivity contribution in [3.05, 3.63) is 65.2 Å². The SMILES string of the molecule is CC(=O)c1ccc(NCc2ccccc2C)cc1. The number of rotatable bonds is 4. The fraction of sp³-hybridized carbons (Fsp3) is 0.188. The van der Waals surface area contributed by atoms with Gasteiger partial charge in [-0.25, -0.2) is 0 Å². The lowest BCUT2D eigenvalue weighted by Crippen LogP contribution is -2.01. The van der Waals surface area contributed by atoms with E-state index in [9.17, 15) is 4.79 Å². The van der Waals surface area contributed by atoms with Gasteiger partial charge in [0.2, 0.25) is 0 Å². The molecule has 2 rings (SSSR count). The zero-order chi connectivity index (χ0) is 13.0. The summed E-state index contributed by atoms with van der Waals surface area (Å²) in [5.74, 6) is 0.0976. The second-order valence-corrected chi connectivity index (χ2v) is 4.41. The Balaban J connectivity index is 2.02. The summed E-state index contributed by atoms with van der Waals surface area (Å²) in [7, 11) is 0. The molecule has 1 N–H and O–H groups in total. The van der Waals surface area contributed by atoms with Crippen LogP contribution < -0.4 is 5.32 Å². The molecule has 92 valence electrons. The Morgan fingerprint density at radius 1 is 1.06 bits per heavy atom. The van der Waals surface area contributed by atoms with E-state index in [-0.39, 0.29) is 5.78 Å². The molecule has 0 amide bonds. The summed E-state index contributed by atoms with van der Waals surface area (Å²) < 4.78 is 0. The van der Waals surface area contributed by atoms with Crippen LogP contribution in [0.2, 0.25) is 0 Å². The average Bonchev–Trinajstić information content (AvgIpc) is 2.38. The number of nitrogens with one attached hydrogen (secondary N) is 1. The van der Waals surface area contributed by atoms with Crippen LogP contribution in [0.15, 0.2) is 48.5 Å². The number of carbonyl (C=O) groups is 1. The summed E-state index contributed by atoms with van der Waals surface area (Å²) in [6.07, 6.45) is 0. The summed E-state index contributed by atoms with van der Waals surface area (Å²) in [5.41, 5.74) is 4.35. The molecule has 0 aromatic heterocycles. The predicted octanol–water partition coefficient (Wildman–Crippen LogP) is 3.81. The van der Waals surface area contributed by atoms with E-state index in [0.29, 0.717) is 0 Å². The fourth-order valence-electron chi connectivity index (χ4n) is 1.83. The molecule has 0 atom stereocenters. The second-order valence-electron chi connectivity index (χ2n) is 4.41. The topological polar surface area (TPSA) is 29.1 Å². The minimum absolute atomic E-state index is 0.0976. The molecule has 0 aliphatic carbocycles. The van der Waals surface area contributed by atoms with E-state index in [1.54, 1.807) is 6.92 Å². The fourth-order valence-corrected chi connectivity index (χ4v) is 1.83. The van der Waals surface area contributed by atoms with Crippen molar-refractivity contribution in [2.75, 3.05) is 5.32 Å². The first-order valence-electron chi connectivity index (χ1n) is 6.06. The number of anilines is 1. The molecule has 0 saturated carbocycles. The molecule has 18 heavy (non-hydrogen) atoms. The molecule has 0 spiro atoms. The quantitative estimate of drug-likeness (QED) is 0.822. The molecule has 0 bridgehead atoms. The third-order valence-corrected chi connectivity index (χ3v) is 3.04. The lowest BCUT2D eigenvalue weighted by atomic mass is 10.1. The number of benzene rings is 2. The van der Waals surface area contributed by atoms with Crippen LogP contribution in [0.25, 0.3) is 0 Å². The van der Waals surface area contributed by atoms with E-state index in [0.717, 1.165) is 17.8 Å². The lowest BCUT2D eigenvalue weighted by molar-refractivity contribution is 0.101. The van der Waals surface area contributed by atoms with Crippen LogP contribution in [-0.2, 0) is 6.54 Å². The minimum atomic E-state index is 0.0976. The highest BCUT2D eigenvalue weighted by Crippen LogP contribution is 2.13. The van der Waals surface area contributed by atoms with Crippen molar-refractivity contribution in [2.45, 2.75) is 20.4 Å². The predicted molar refractivity (Wildman–Crippen MR) is 75.0 cm³/mol. The van der Waals surface area contributed by atoms with Crippen LogP contribution in [0.4, 0.5) is 5.69 Å². The van der Waals surface area contributed by atoms with E-state index in [1.807, 2.05) is 36.4 Å². The Labute approximate surface area is 108 Å². The van der Waals surface area contributed by atoms with Gasteiger partial charge in [0.25, 0.3) is 0 Å². The molecule has 0 aliphatic rings. The van der Waals surface area contributed by atoms with Crippen molar-refractivity contribution in [1.82, 2.24) is 0 Å². The van der Waals surface area contributed by atoms with Gasteiger partial charge < -0.3 is 5.32 Å². The first kappa shape index (κ1) is 12.4. The molecule has 2 aromatic carbocycles. The Kier molecular flexibility index (Phi) is 3.78. The van der Waals surface area contributed by atoms with E-state index in [4.69, 9.17) is 0 Å². The Morgan fingerprint density at radius 3 is 2.33 bits per heavy atom. The van der Waals surface area contributed by atoms with Gasteiger partial charge in [0.1, 0.15) is 0 Å². The van der Waals surface area contributed by atoms with Gasteiger partial charge >= 0.3 is 0 Å². The smallest absolute Gasteiger partial charge is 0.159 e. The minimum Gasteiger partial charge on any atom is -0.381 e. The number of ketones is 1. The van der Waals surface area contributed by atoms with Crippen LogP contribution in [0.5, 0.6) is 0 Å². The number of aryl methyl sites for hydroxylation is 1. The van der Waals surface area contributed by atoms with Crippen molar-refractivity contribution in [1.29, 1.82) is 0 Å². The first-order valence-corrected chi connectivity index (χ1v) is 6.06. The van der Waals surface area contributed by atoms with Crippen LogP contribution in [0, 0.1) is 6.92 Å². The van der Waals surface area contributed by atoms with E-state index < -0.39 is 0 Å². The molecule has 2 heteroatoms. The van der Waals surface area contributed by atoms with Gasteiger partial charge in [-0.1, -0.05) is 24.3 Å². The highest BCUT2D eigenvalue weighted by molar-refractivity contribution is 5.94. The van der Waals surface area contributed by atoms with Crippen molar-refractivity contribution in [3.8, 4) is 0 Å². The second kappa shape index (κ2) is 5.50. The molecular weight excluding hydrogens is 222 g/mol. The molecule has 2 aromatic rings. The molecule has 0 saturated heterocycles. The molecule has 0 fully saturated rings. The molecule has 0 unspecified atom stereocenters. The highest BCUT2D eigenvalue weighted by atomic mass is 16.1. The molecule has 2 nitrogen and oxygen atoms in total. The summed E-state index contributed by atoms with van der Waals surface area (Å²) in [5, 5.41) is 3.36. The largest absolute Gasteiger partial charge is 0.381 e. The van der Waals surface area contributed by atoms with Gasteiger partial charge in [-0.3, -0.25) is 4.79 Å². The molecular formula is C16H17NO. The maximum absolute atomic E-state index is 11.2. The van der Waals surface area contributed by atoms with Crippen LogP contribution in [0.3, 0.4) is 0 Å². The van der Waals surface area contributed by atoms with E-state index in [2.05, 4.69) is 24.4 Å². The van der Waals surface area contributed by atoms with Crippen molar-refractivity contribution in [3.63, 3.8) is 0 Å². The van der Waals surface area contributed by atoms with Crippen molar-refractivity contribution >= 4 is 11.5 Å². The van der Waals surface area contributed by atoms with Crippen molar-refractivity contribution < 1.29 is 4.79 Å². The van der Waals surface area contributed by atoms with Gasteiger partial charge in [-0.2, -0.15) is 0 Å². The maximum atomic E-state index is 11.2. The van der Waals surface area contributed by atoms with Crippen LogP contribution >= 0.6 is 0 Å². The summed E-state index contributed by atoms with van der Waals surface area (Å²) in [6, 6.07) is 15.9. The molecule has 0 heterocycles. The zero-order valence-corrected chi connectivity index (χ0v) is 10.7. The van der Waals surface area contributed by atoms with Crippen LogP contribution in [-0.4, -0.2) is 5.78 Å². The highest BCUT2D eigenvalue weighted by Gasteiger charge is 2.00. The molecule has 0 radical (unpaired) electrons. The van der Waals surface area contributed by atoms with Gasteiger partial charge in [-0.15, -0.1) is 0 Å². The van der Waals surface area contributed by atoms with Gasteiger partial charge in [-0.05, 0) is 49.2 Å². The molecule has 0 aliphatic heterocycles.